The van der Waals surface area contributed by atoms with Crippen molar-refractivity contribution in [3.8, 4) is 0 Å². The SMILES string of the molecule is CN(C)C(=O)CC[C]=O. The zero-order valence-corrected chi connectivity index (χ0v) is 5.68. The van der Waals surface area contributed by atoms with Gasteiger partial charge < -0.3 is 4.90 Å². The quantitative estimate of drug-likeness (QED) is 0.535. The lowest BCUT2D eigenvalue weighted by Crippen LogP contribution is -2.21. The predicted octanol–water partition coefficient (Wildman–Crippen LogP) is -0.0355. The van der Waals surface area contributed by atoms with Crippen LogP contribution in [0.25, 0.3) is 0 Å². The number of carbonyl (C=O) groups excluding carboxylic acids is 2. The van der Waals surface area contributed by atoms with E-state index in [9.17, 15) is 9.59 Å². The van der Waals surface area contributed by atoms with Gasteiger partial charge in [-0.25, -0.2) is 0 Å². The molecule has 0 rings (SSSR count). The highest BCUT2D eigenvalue weighted by Crippen LogP contribution is 1.88. The summed E-state index contributed by atoms with van der Waals surface area (Å²) in [5, 5.41) is 0. The van der Waals surface area contributed by atoms with Gasteiger partial charge >= 0.3 is 0 Å². The number of hydrogen-bond acceptors (Lipinski definition) is 2. The molecule has 0 spiro atoms. The van der Waals surface area contributed by atoms with Crippen LogP contribution in [0.5, 0.6) is 0 Å². The molecule has 0 heterocycles. The summed E-state index contributed by atoms with van der Waals surface area (Å²) in [6, 6.07) is 0. The van der Waals surface area contributed by atoms with Gasteiger partial charge in [0.1, 0.15) is 0 Å². The third-order valence-corrected chi connectivity index (χ3v) is 0.940. The molecule has 0 saturated carbocycles. The maximum Gasteiger partial charge on any atom is 0.222 e. The Kier molecular flexibility index (Phi) is 3.67. The average molecular weight is 128 g/mol. The molecule has 3 heteroatoms. The summed E-state index contributed by atoms with van der Waals surface area (Å²) < 4.78 is 0. The van der Waals surface area contributed by atoms with Crippen LogP contribution in [-0.2, 0) is 9.59 Å². The lowest BCUT2D eigenvalue weighted by atomic mass is 10.3. The molecule has 3 nitrogen and oxygen atoms in total. The Bertz CT molecular complexity index is 110. The van der Waals surface area contributed by atoms with E-state index in [1.165, 1.54) is 4.90 Å². The van der Waals surface area contributed by atoms with E-state index in [0.29, 0.717) is 0 Å². The minimum absolute atomic E-state index is 0.0293. The molecule has 0 fully saturated rings. The average Bonchev–Trinajstić information content (AvgIpc) is 1.82. The van der Waals surface area contributed by atoms with E-state index in [1.807, 2.05) is 0 Å². The second-order valence-electron chi connectivity index (χ2n) is 1.93. The van der Waals surface area contributed by atoms with Gasteiger partial charge in [0.25, 0.3) is 0 Å². The number of hydrogen-bond donors (Lipinski definition) is 0. The molecule has 0 aromatic rings. The summed E-state index contributed by atoms with van der Waals surface area (Å²) in [4.78, 5) is 21.7. The Morgan fingerprint density at radius 1 is 1.56 bits per heavy atom. The van der Waals surface area contributed by atoms with Crippen LogP contribution >= 0.6 is 0 Å². The van der Waals surface area contributed by atoms with Crippen molar-refractivity contribution in [3.63, 3.8) is 0 Å². The van der Waals surface area contributed by atoms with Crippen LogP contribution in [0.4, 0.5) is 0 Å². The van der Waals surface area contributed by atoms with Gasteiger partial charge in [-0.1, -0.05) is 0 Å². The van der Waals surface area contributed by atoms with E-state index in [0.717, 1.165) is 0 Å². The van der Waals surface area contributed by atoms with E-state index in [1.54, 1.807) is 20.4 Å². The fourth-order valence-corrected chi connectivity index (χ4v) is 0.382. The Morgan fingerprint density at radius 3 is 2.44 bits per heavy atom. The molecule has 1 radical (unpaired) electrons. The topological polar surface area (TPSA) is 37.4 Å². The van der Waals surface area contributed by atoms with Crippen molar-refractivity contribution in [2.75, 3.05) is 14.1 Å². The Labute approximate surface area is 54.6 Å². The maximum atomic E-state index is 10.6. The van der Waals surface area contributed by atoms with Crippen molar-refractivity contribution < 1.29 is 9.59 Å². The van der Waals surface area contributed by atoms with Gasteiger partial charge in [-0.15, -0.1) is 0 Å². The number of carbonyl (C=O) groups is 1. The zero-order valence-electron chi connectivity index (χ0n) is 5.68. The van der Waals surface area contributed by atoms with Crippen LogP contribution < -0.4 is 0 Å². The molecule has 9 heavy (non-hydrogen) atoms. The highest BCUT2D eigenvalue weighted by atomic mass is 16.2. The summed E-state index contributed by atoms with van der Waals surface area (Å²) in [5.74, 6) is -0.0293. The summed E-state index contributed by atoms with van der Waals surface area (Å²) >= 11 is 0. The second kappa shape index (κ2) is 4.06. The molecular formula is C6H10NO2. The van der Waals surface area contributed by atoms with Crippen LogP contribution in [-0.4, -0.2) is 31.2 Å². The smallest absolute Gasteiger partial charge is 0.222 e. The molecule has 51 valence electrons. The van der Waals surface area contributed by atoms with Gasteiger partial charge in [0.05, 0.1) is 0 Å². The van der Waals surface area contributed by atoms with E-state index >= 15 is 0 Å². The summed E-state index contributed by atoms with van der Waals surface area (Å²) in [6.45, 7) is 0. The Hall–Kier alpha value is -0.860. The van der Waals surface area contributed by atoms with E-state index in [2.05, 4.69) is 0 Å². The number of amides is 1. The predicted molar refractivity (Wildman–Crippen MR) is 33.6 cm³/mol. The largest absolute Gasteiger partial charge is 0.349 e. The monoisotopic (exact) mass is 128 g/mol. The lowest BCUT2D eigenvalue weighted by molar-refractivity contribution is -0.128. The van der Waals surface area contributed by atoms with Crippen molar-refractivity contribution in [2.45, 2.75) is 12.8 Å². The molecular weight excluding hydrogens is 118 g/mol. The van der Waals surface area contributed by atoms with Crippen molar-refractivity contribution >= 4 is 12.2 Å². The van der Waals surface area contributed by atoms with Crippen molar-refractivity contribution in [1.29, 1.82) is 0 Å². The van der Waals surface area contributed by atoms with Gasteiger partial charge in [-0.05, 0) is 0 Å². The fraction of sp³-hybridized carbons (Fsp3) is 0.667. The maximum absolute atomic E-state index is 10.6. The molecule has 0 aromatic carbocycles. The first-order valence-electron chi connectivity index (χ1n) is 2.73. The highest BCUT2D eigenvalue weighted by Gasteiger charge is 2.01. The first-order valence-corrected chi connectivity index (χ1v) is 2.73. The van der Waals surface area contributed by atoms with Crippen molar-refractivity contribution in [2.24, 2.45) is 0 Å². The molecule has 1 amide bonds. The first-order chi connectivity index (χ1) is 4.18. The summed E-state index contributed by atoms with van der Waals surface area (Å²) in [7, 11) is 3.32. The van der Waals surface area contributed by atoms with Crippen LogP contribution in [0, 0.1) is 0 Å². The first kappa shape index (κ1) is 8.14. The Balaban J connectivity index is 3.38. The second-order valence-corrected chi connectivity index (χ2v) is 1.93. The molecule has 0 bridgehead atoms. The minimum Gasteiger partial charge on any atom is -0.349 e. The van der Waals surface area contributed by atoms with Gasteiger partial charge in [0.2, 0.25) is 5.91 Å². The van der Waals surface area contributed by atoms with E-state index in [4.69, 9.17) is 0 Å². The fourth-order valence-electron chi connectivity index (χ4n) is 0.382. The molecule has 0 aliphatic rings. The molecule has 0 saturated heterocycles. The minimum atomic E-state index is -0.0293. The molecule has 0 aromatic heterocycles. The third kappa shape index (κ3) is 3.70. The summed E-state index contributed by atoms with van der Waals surface area (Å²) in [5.41, 5.74) is 0. The zero-order chi connectivity index (χ0) is 7.28. The number of rotatable bonds is 3. The van der Waals surface area contributed by atoms with Crippen LogP contribution in [0.15, 0.2) is 0 Å². The van der Waals surface area contributed by atoms with Gasteiger partial charge in [0, 0.05) is 26.9 Å². The van der Waals surface area contributed by atoms with Gasteiger partial charge in [-0.2, -0.15) is 0 Å². The van der Waals surface area contributed by atoms with Gasteiger partial charge in [-0.3, -0.25) is 9.59 Å². The Morgan fingerprint density at radius 2 is 2.11 bits per heavy atom. The van der Waals surface area contributed by atoms with Crippen LogP contribution in [0.2, 0.25) is 0 Å². The normalized spacial score (nSPS) is 8.67. The molecule has 0 aliphatic heterocycles. The summed E-state index contributed by atoms with van der Waals surface area (Å²) in [6.07, 6.45) is 2.14. The number of nitrogens with zero attached hydrogens (tertiary/aromatic N) is 1. The van der Waals surface area contributed by atoms with E-state index < -0.39 is 0 Å². The van der Waals surface area contributed by atoms with Crippen molar-refractivity contribution in [3.05, 3.63) is 0 Å². The van der Waals surface area contributed by atoms with Crippen LogP contribution in [0.3, 0.4) is 0 Å². The molecule has 0 N–H and O–H groups in total. The molecule has 0 aliphatic carbocycles. The lowest BCUT2D eigenvalue weighted by Gasteiger charge is -2.06. The third-order valence-electron chi connectivity index (χ3n) is 0.940. The van der Waals surface area contributed by atoms with Crippen LogP contribution in [0.1, 0.15) is 12.8 Å². The molecule has 0 atom stereocenters. The van der Waals surface area contributed by atoms with Crippen molar-refractivity contribution in [1.82, 2.24) is 4.90 Å². The van der Waals surface area contributed by atoms with Gasteiger partial charge in [0.15, 0.2) is 6.29 Å². The molecule has 0 unspecified atom stereocenters. The van der Waals surface area contributed by atoms with E-state index in [-0.39, 0.29) is 18.7 Å². The standard InChI is InChI=1S/C6H10NO2/c1-7(2)6(9)4-3-5-8/h3-4H2,1-2H3. The highest BCUT2D eigenvalue weighted by molar-refractivity contribution is 5.77.